The van der Waals surface area contributed by atoms with Crippen LogP contribution in [-0.2, 0) is 4.79 Å². The number of aryl methyl sites for hydroxylation is 1. The lowest BCUT2D eigenvalue weighted by atomic mass is 10.2. The van der Waals surface area contributed by atoms with Crippen LogP contribution in [0.2, 0.25) is 0 Å². The van der Waals surface area contributed by atoms with E-state index in [1.54, 1.807) is 16.7 Å². The maximum Gasteiger partial charge on any atom is 0.266 e. The van der Waals surface area contributed by atoms with Gasteiger partial charge in [-0.25, -0.2) is 9.97 Å². The molecule has 6 nitrogen and oxygen atoms in total. The van der Waals surface area contributed by atoms with Crippen LogP contribution in [0, 0.1) is 6.92 Å². The van der Waals surface area contributed by atoms with Gasteiger partial charge in [0.1, 0.15) is 0 Å². The van der Waals surface area contributed by atoms with Crippen molar-refractivity contribution in [2.75, 3.05) is 11.1 Å². The second-order valence-electron chi connectivity index (χ2n) is 6.02. The lowest BCUT2D eigenvalue weighted by molar-refractivity contribution is -0.113. The van der Waals surface area contributed by atoms with Crippen LogP contribution in [0.3, 0.4) is 0 Å². The Hall–Kier alpha value is -2.97. The number of nitrogens with zero attached hydrogens (tertiary/aromatic N) is 3. The summed E-state index contributed by atoms with van der Waals surface area (Å²) in [6.45, 7) is 1.87. The molecular weight excluding hydrogens is 392 g/mol. The third-order valence-corrected chi connectivity index (χ3v) is 5.77. The molecule has 4 aromatic rings. The fourth-order valence-corrected chi connectivity index (χ4v) is 4.23. The highest BCUT2D eigenvalue weighted by Gasteiger charge is 2.15. The number of hydrogen-bond donors (Lipinski definition) is 1. The first-order valence-corrected chi connectivity index (χ1v) is 10.4. The summed E-state index contributed by atoms with van der Waals surface area (Å²) in [6.07, 6.45) is 0. The Labute approximate surface area is 169 Å². The van der Waals surface area contributed by atoms with Crippen molar-refractivity contribution in [2.45, 2.75) is 12.1 Å². The number of aromatic nitrogens is 3. The summed E-state index contributed by atoms with van der Waals surface area (Å²) in [5, 5.41) is 6.23. The third-order valence-electron chi connectivity index (χ3n) is 3.96. The number of carbonyl (C=O) groups excluding carboxylic acids is 1. The van der Waals surface area contributed by atoms with Gasteiger partial charge < -0.3 is 5.32 Å². The summed E-state index contributed by atoms with van der Waals surface area (Å²) in [6, 6.07) is 16.5. The largest absolute Gasteiger partial charge is 0.301 e. The van der Waals surface area contributed by atoms with Crippen molar-refractivity contribution in [3.8, 4) is 5.69 Å². The summed E-state index contributed by atoms with van der Waals surface area (Å²) >= 11 is 2.60. The molecule has 1 N–H and O–H groups in total. The van der Waals surface area contributed by atoms with Gasteiger partial charge >= 0.3 is 0 Å². The van der Waals surface area contributed by atoms with Crippen LogP contribution in [0.1, 0.15) is 5.69 Å². The van der Waals surface area contributed by atoms with Crippen LogP contribution in [0.25, 0.3) is 16.6 Å². The zero-order valence-electron chi connectivity index (χ0n) is 15.0. The number of thiazole rings is 1. The van der Waals surface area contributed by atoms with E-state index in [2.05, 4.69) is 15.3 Å². The summed E-state index contributed by atoms with van der Waals surface area (Å²) in [5.74, 6) is -0.0719. The first-order chi connectivity index (χ1) is 13.6. The molecule has 2 aromatic carbocycles. The fourth-order valence-electron chi connectivity index (χ4n) is 2.71. The number of benzene rings is 2. The van der Waals surface area contributed by atoms with Gasteiger partial charge in [0, 0.05) is 5.38 Å². The van der Waals surface area contributed by atoms with Gasteiger partial charge in [-0.1, -0.05) is 42.1 Å². The molecule has 0 bridgehead atoms. The average molecular weight is 409 g/mol. The Morgan fingerprint density at radius 1 is 1.11 bits per heavy atom. The summed E-state index contributed by atoms with van der Waals surface area (Å²) in [7, 11) is 0. The second kappa shape index (κ2) is 7.95. The lowest BCUT2D eigenvalue weighted by Crippen LogP contribution is -2.22. The number of carbonyl (C=O) groups is 1. The summed E-state index contributed by atoms with van der Waals surface area (Å²) in [5.41, 5.74) is 2.03. The molecular formula is C20H16N4O2S2. The molecule has 8 heteroatoms. The number of amides is 1. The van der Waals surface area contributed by atoms with Gasteiger partial charge in [-0.15, -0.1) is 11.3 Å². The van der Waals surface area contributed by atoms with Crippen molar-refractivity contribution in [2.24, 2.45) is 0 Å². The number of rotatable bonds is 5. The van der Waals surface area contributed by atoms with Gasteiger partial charge in [-0.3, -0.25) is 14.2 Å². The van der Waals surface area contributed by atoms with Crippen molar-refractivity contribution in [3.05, 3.63) is 76.0 Å². The molecule has 4 rings (SSSR count). The van der Waals surface area contributed by atoms with Crippen molar-refractivity contribution < 1.29 is 4.79 Å². The minimum absolute atomic E-state index is 0.121. The molecule has 0 aliphatic heterocycles. The molecule has 0 unspecified atom stereocenters. The van der Waals surface area contributed by atoms with Gasteiger partial charge in [0.2, 0.25) is 5.91 Å². The highest BCUT2D eigenvalue weighted by atomic mass is 32.2. The number of para-hydroxylation sites is 2. The molecule has 140 valence electrons. The third kappa shape index (κ3) is 3.83. The monoisotopic (exact) mass is 408 g/mol. The highest BCUT2D eigenvalue weighted by Crippen LogP contribution is 2.22. The van der Waals surface area contributed by atoms with Crippen molar-refractivity contribution >= 4 is 45.0 Å². The molecule has 2 heterocycles. The number of hydrogen-bond acceptors (Lipinski definition) is 6. The Bertz CT molecular complexity index is 1200. The van der Waals surface area contributed by atoms with Crippen molar-refractivity contribution in [1.29, 1.82) is 0 Å². The standard InChI is InChI=1S/C20H16N4O2S2/c1-13-11-27-19(21-13)23-17(25)12-28-20-22-16-10-6-5-9-15(16)18(26)24(20)14-7-3-2-4-8-14/h2-11H,12H2,1H3,(H,21,23,25). The Balaban J connectivity index is 1.67. The molecule has 0 radical (unpaired) electrons. The molecule has 0 atom stereocenters. The first kappa shape index (κ1) is 18.4. The molecule has 0 fully saturated rings. The zero-order valence-corrected chi connectivity index (χ0v) is 16.6. The van der Waals surface area contributed by atoms with Gasteiger partial charge in [-0.2, -0.15) is 0 Å². The molecule has 0 saturated carbocycles. The van der Waals surface area contributed by atoms with E-state index in [9.17, 15) is 9.59 Å². The van der Waals surface area contributed by atoms with E-state index in [-0.39, 0.29) is 17.2 Å². The Morgan fingerprint density at radius 2 is 1.86 bits per heavy atom. The van der Waals surface area contributed by atoms with E-state index in [0.717, 1.165) is 5.69 Å². The maximum absolute atomic E-state index is 13.1. The van der Waals surface area contributed by atoms with Crippen molar-refractivity contribution in [1.82, 2.24) is 14.5 Å². The molecule has 0 saturated heterocycles. The summed E-state index contributed by atoms with van der Waals surface area (Å²) < 4.78 is 1.55. The smallest absolute Gasteiger partial charge is 0.266 e. The molecule has 2 aromatic heterocycles. The van der Waals surface area contributed by atoms with Crippen LogP contribution in [0.4, 0.5) is 5.13 Å². The number of fused-ring (bicyclic) bond motifs is 1. The van der Waals surface area contributed by atoms with Crippen LogP contribution in [0.15, 0.2) is 69.9 Å². The van der Waals surface area contributed by atoms with E-state index < -0.39 is 0 Å². The fraction of sp³-hybridized carbons (Fsp3) is 0.100. The number of thioether (sulfide) groups is 1. The molecule has 1 amide bonds. The van der Waals surface area contributed by atoms with E-state index >= 15 is 0 Å². The minimum atomic E-state index is -0.193. The van der Waals surface area contributed by atoms with Gasteiger partial charge in [0.15, 0.2) is 10.3 Å². The lowest BCUT2D eigenvalue weighted by Gasteiger charge is -2.13. The van der Waals surface area contributed by atoms with Crippen LogP contribution < -0.4 is 10.9 Å². The SMILES string of the molecule is Cc1csc(NC(=O)CSc2nc3ccccc3c(=O)n2-c2ccccc2)n1. The van der Waals surface area contributed by atoms with E-state index in [1.807, 2.05) is 54.8 Å². The minimum Gasteiger partial charge on any atom is -0.301 e. The molecule has 28 heavy (non-hydrogen) atoms. The molecule has 0 aliphatic carbocycles. The second-order valence-corrected chi connectivity index (χ2v) is 7.82. The van der Waals surface area contributed by atoms with E-state index in [1.165, 1.54) is 23.1 Å². The average Bonchev–Trinajstić information content (AvgIpc) is 3.11. The first-order valence-electron chi connectivity index (χ1n) is 8.54. The molecule has 0 spiro atoms. The Morgan fingerprint density at radius 3 is 2.61 bits per heavy atom. The van der Waals surface area contributed by atoms with E-state index in [0.29, 0.717) is 26.9 Å². The Kier molecular flexibility index (Phi) is 5.23. The topological polar surface area (TPSA) is 76.9 Å². The van der Waals surface area contributed by atoms with Gasteiger partial charge in [0.05, 0.1) is 28.0 Å². The van der Waals surface area contributed by atoms with Gasteiger partial charge in [0.25, 0.3) is 5.56 Å². The number of anilines is 1. The predicted octanol–water partition coefficient (Wildman–Crippen LogP) is 3.88. The molecule has 0 aliphatic rings. The predicted molar refractivity (Wildman–Crippen MR) is 114 cm³/mol. The quantitative estimate of drug-likeness (QED) is 0.401. The van der Waals surface area contributed by atoms with Gasteiger partial charge in [-0.05, 0) is 31.2 Å². The number of nitrogens with one attached hydrogen (secondary N) is 1. The highest BCUT2D eigenvalue weighted by molar-refractivity contribution is 7.99. The van der Waals surface area contributed by atoms with Crippen LogP contribution in [-0.4, -0.2) is 26.2 Å². The van der Waals surface area contributed by atoms with E-state index in [4.69, 9.17) is 0 Å². The summed E-state index contributed by atoms with van der Waals surface area (Å²) in [4.78, 5) is 34.3. The normalized spacial score (nSPS) is 10.9. The van der Waals surface area contributed by atoms with Crippen LogP contribution >= 0.6 is 23.1 Å². The zero-order chi connectivity index (χ0) is 19.5. The maximum atomic E-state index is 13.1. The van der Waals surface area contributed by atoms with Crippen LogP contribution in [0.5, 0.6) is 0 Å². The van der Waals surface area contributed by atoms with Crippen molar-refractivity contribution in [3.63, 3.8) is 0 Å².